The second-order valence-corrected chi connectivity index (χ2v) is 6.40. The number of hydrogen-bond donors (Lipinski definition) is 2. The van der Waals surface area contributed by atoms with Crippen LogP contribution in [0.25, 0.3) is 0 Å². The molecule has 1 amide bonds. The third-order valence-corrected chi connectivity index (χ3v) is 4.71. The number of aromatic carboxylic acids is 1. The molecule has 0 radical (unpaired) electrons. The van der Waals surface area contributed by atoms with Crippen molar-refractivity contribution in [1.82, 2.24) is 20.3 Å². The van der Waals surface area contributed by atoms with E-state index in [-0.39, 0.29) is 29.6 Å². The first-order valence-corrected chi connectivity index (χ1v) is 8.24. The van der Waals surface area contributed by atoms with E-state index >= 15 is 0 Å². The molecule has 1 atom stereocenters. The summed E-state index contributed by atoms with van der Waals surface area (Å²) in [5.41, 5.74) is -0.0551. The van der Waals surface area contributed by atoms with E-state index < -0.39 is 5.97 Å². The minimum Gasteiger partial charge on any atom is -0.476 e. The summed E-state index contributed by atoms with van der Waals surface area (Å²) < 4.78 is 1.56. The molecule has 1 aromatic rings. The van der Waals surface area contributed by atoms with Gasteiger partial charge in [0.1, 0.15) is 0 Å². The number of hydrogen-bond acceptors (Lipinski definition) is 4. The smallest absolute Gasteiger partial charge is 0.358 e. The van der Waals surface area contributed by atoms with Gasteiger partial charge in [0.15, 0.2) is 5.69 Å². The first kappa shape index (κ1) is 15.7. The molecule has 0 aliphatic heterocycles. The molecule has 0 spiro atoms. The molecular formula is C16H22N4O3. The lowest BCUT2D eigenvalue weighted by atomic mass is 9.79. The van der Waals surface area contributed by atoms with Crippen molar-refractivity contribution in [3.8, 4) is 0 Å². The number of carboxylic acid groups (broad SMARTS) is 1. The highest BCUT2D eigenvalue weighted by Crippen LogP contribution is 2.37. The molecule has 2 aliphatic rings. The van der Waals surface area contributed by atoms with E-state index in [1.165, 1.54) is 6.20 Å². The monoisotopic (exact) mass is 318 g/mol. The van der Waals surface area contributed by atoms with Gasteiger partial charge in [-0.1, -0.05) is 17.4 Å². The molecule has 7 nitrogen and oxygen atoms in total. The number of nitrogens with one attached hydrogen (secondary N) is 1. The van der Waals surface area contributed by atoms with Crippen LogP contribution in [0.15, 0.2) is 18.3 Å². The van der Waals surface area contributed by atoms with Crippen LogP contribution in [0.5, 0.6) is 0 Å². The minimum atomic E-state index is -1.08. The lowest BCUT2D eigenvalue weighted by molar-refractivity contribution is -0.129. The van der Waals surface area contributed by atoms with E-state index in [4.69, 9.17) is 5.11 Å². The Bertz CT molecular complexity index is 604. The summed E-state index contributed by atoms with van der Waals surface area (Å²) in [6.45, 7) is 0. The molecule has 1 aromatic heterocycles. The second-order valence-electron chi connectivity index (χ2n) is 6.40. The molecule has 2 aliphatic carbocycles. The first-order valence-electron chi connectivity index (χ1n) is 8.24. The van der Waals surface area contributed by atoms with Crippen molar-refractivity contribution in [1.29, 1.82) is 0 Å². The number of aromatic nitrogens is 3. The van der Waals surface area contributed by atoms with Gasteiger partial charge < -0.3 is 10.4 Å². The topological polar surface area (TPSA) is 97.1 Å². The molecule has 0 aromatic carbocycles. The van der Waals surface area contributed by atoms with Crippen molar-refractivity contribution in [3.63, 3.8) is 0 Å². The summed E-state index contributed by atoms with van der Waals surface area (Å²) in [5, 5.41) is 19.5. The minimum absolute atomic E-state index is 0.00143. The third-order valence-electron chi connectivity index (χ3n) is 4.71. The van der Waals surface area contributed by atoms with Gasteiger partial charge in [0.2, 0.25) is 5.91 Å². The zero-order chi connectivity index (χ0) is 16.2. The summed E-state index contributed by atoms with van der Waals surface area (Å²) in [5.74, 6) is -0.962. The fourth-order valence-electron chi connectivity index (χ4n) is 3.19. The van der Waals surface area contributed by atoms with E-state index in [1.807, 2.05) is 0 Å². The molecule has 7 heteroatoms. The van der Waals surface area contributed by atoms with Gasteiger partial charge in [-0.05, 0) is 44.9 Å². The number of nitrogens with zero attached hydrogens (tertiary/aromatic N) is 3. The Morgan fingerprint density at radius 1 is 1.22 bits per heavy atom. The number of carbonyl (C=O) groups is 2. The van der Waals surface area contributed by atoms with Gasteiger partial charge in [-0.2, -0.15) is 0 Å². The van der Waals surface area contributed by atoms with E-state index in [9.17, 15) is 9.59 Å². The Morgan fingerprint density at radius 2 is 2.00 bits per heavy atom. The van der Waals surface area contributed by atoms with Crippen LogP contribution in [0.1, 0.15) is 61.5 Å². The Hall–Kier alpha value is -2.18. The van der Waals surface area contributed by atoms with Gasteiger partial charge >= 0.3 is 5.97 Å². The first-order chi connectivity index (χ1) is 11.1. The summed E-state index contributed by atoms with van der Waals surface area (Å²) in [6, 6.07) is 0.350. The molecule has 1 unspecified atom stereocenters. The molecular weight excluding hydrogens is 296 g/mol. The van der Waals surface area contributed by atoms with Gasteiger partial charge in [-0.25, -0.2) is 9.48 Å². The summed E-state index contributed by atoms with van der Waals surface area (Å²) in [6.07, 6.45) is 12.5. The highest BCUT2D eigenvalue weighted by molar-refractivity contribution is 5.84. The number of carbonyl (C=O) groups excluding carboxylic acids is 1. The van der Waals surface area contributed by atoms with Crippen LogP contribution in [0.2, 0.25) is 0 Å². The number of amides is 1. The fraction of sp³-hybridized carbons (Fsp3) is 0.625. The largest absolute Gasteiger partial charge is 0.476 e. The average Bonchev–Trinajstić information content (AvgIpc) is 2.89. The zero-order valence-corrected chi connectivity index (χ0v) is 13.0. The number of rotatable bonds is 4. The SMILES string of the molecule is O=C(O)c1cn(C2CC(C(=O)NC3CC/C=C\CCC3)C2)nn1. The molecule has 0 saturated heterocycles. The van der Waals surface area contributed by atoms with Crippen molar-refractivity contribution < 1.29 is 14.7 Å². The molecule has 0 bridgehead atoms. The van der Waals surface area contributed by atoms with Crippen LogP contribution in [0.4, 0.5) is 0 Å². The maximum Gasteiger partial charge on any atom is 0.358 e. The maximum atomic E-state index is 12.3. The Kier molecular flexibility index (Phi) is 4.73. The van der Waals surface area contributed by atoms with Gasteiger partial charge in [0, 0.05) is 12.0 Å². The maximum absolute atomic E-state index is 12.3. The van der Waals surface area contributed by atoms with E-state index in [1.54, 1.807) is 4.68 Å². The molecule has 2 N–H and O–H groups in total. The van der Waals surface area contributed by atoms with Crippen molar-refractivity contribution >= 4 is 11.9 Å². The quantitative estimate of drug-likeness (QED) is 0.827. The predicted molar refractivity (Wildman–Crippen MR) is 82.9 cm³/mol. The molecule has 1 saturated carbocycles. The number of allylic oxidation sites excluding steroid dienone is 2. The number of carboxylic acids is 1. The molecule has 23 heavy (non-hydrogen) atoms. The summed E-state index contributed by atoms with van der Waals surface area (Å²) in [4.78, 5) is 23.1. The van der Waals surface area contributed by atoms with Crippen LogP contribution in [-0.4, -0.2) is 38.0 Å². The van der Waals surface area contributed by atoms with Crippen LogP contribution in [0, 0.1) is 5.92 Å². The summed E-state index contributed by atoms with van der Waals surface area (Å²) >= 11 is 0. The molecule has 1 fully saturated rings. The molecule has 1 heterocycles. The van der Waals surface area contributed by atoms with Crippen molar-refractivity contribution in [3.05, 3.63) is 24.0 Å². The van der Waals surface area contributed by atoms with E-state index in [0.29, 0.717) is 12.8 Å². The standard InChI is InChI=1S/C16H22N4O3/c21-15(17-12-6-4-2-1-3-5-7-12)11-8-13(9-11)20-10-14(16(22)23)18-19-20/h1-2,10-13H,3-9H2,(H,17,21)(H,22,23)/b2-1-. The average molecular weight is 318 g/mol. The van der Waals surface area contributed by atoms with Crippen molar-refractivity contribution in [2.24, 2.45) is 5.92 Å². The Labute approximate surface area is 134 Å². The van der Waals surface area contributed by atoms with E-state index in [2.05, 4.69) is 27.8 Å². The lowest BCUT2D eigenvalue weighted by Crippen LogP contribution is -2.44. The van der Waals surface area contributed by atoms with Gasteiger partial charge in [-0.15, -0.1) is 5.10 Å². The lowest BCUT2D eigenvalue weighted by Gasteiger charge is -2.35. The highest BCUT2D eigenvalue weighted by Gasteiger charge is 2.37. The highest BCUT2D eigenvalue weighted by atomic mass is 16.4. The van der Waals surface area contributed by atoms with Crippen molar-refractivity contribution in [2.75, 3.05) is 0 Å². The van der Waals surface area contributed by atoms with E-state index in [0.717, 1.165) is 32.1 Å². The van der Waals surface area contributed by atoms with Gasteiger partial charge in [0.05, 0.1) is 12.2 Å². The molecule has 3 rings (SSSR count). The second kappa shape index (κ2) is 6.93. The third kappa shape index (κ3) is 3.78. The van der Waals surface area contributed by atoms with Crippen molar-refractivity contribution in [2.45, 2.75) is 57.0 Å². The van der Waals surface area contributed by atoms with Gasteiger partial charge in [0.25, 0.3) is 0 Å². The Morgan fingerprint density at radius 3 is 2.74 bits per heavy atom. The van der Waals surface area contributed by atoms with Crippen LogP contribution < -0.4 is 5.32 Å². The normalized spacial score (nSPS) is 29.0. The van der Waals surface area contributed by atoms with Crippen LogP contribution in [-0.2, 0) is 4.79 Å². The predicted octanol–water partition coefficient (Wildman–Crippen LogP) is 1.93. The molecule has 124 valence electrons. The van der Waals surface area contributed by atoms with Crippen LogP contribution in [0.3, 0.4) is 0 Å². The summed E-state index contributed by atoms with van der Waals surface area (Å²) in [7, 11) is 0. The zero-order valence-electron chi connectivity index (χ0n) is 13.0. The fourth-order valence-corrected chi connectivity index (χ4v) is 3.19. The van der Waals surface area contributed by atoms with Crippen LogP contribution >= 0.6 is 0 Å². The Balaban J connectivity index is 1.47. The van der Waals surface area contributed by atoms with Gasteiger partial charge in [-0.3, -0.25) is 4.79 Å².